The highest BCUT2D eigenvalue weighted by molar-refractivity contribution is 6.10. The quantitative estimate of drug-likeness (QED) is 0.648. The van der Waals surface area contributed by atoms with Crippen LogP contribution in [0.4, 0.5) is 0 Å². The van der Waals surface area contributed by atoms with Gasteiger partial charge in [-0.25, -0.2) is 0 Å². The maximum atomic E-state index is 12.2. The Kier molecular flexibility index (Phi) is 4.56. The number of carbonyl (C=O) groups is 2. The van der Waals surface area contributed by atoms with Gasteiger partial charge in [0.2, 0.25) is 5.78 Å². The van der Waals surface area contributed by atoms with Crippen molar-refractivity contribution in [1.82, 2.24) is 4.98 Å². The summed E-state index contributed by atoms with van der Waals surface area (Å²) < 4.78 is 5.03. The SMILES string of the molecule is CCCCC(=O)OCC(=O)c1c(C)[nH]c2ccccc12. The second kappa shape index (κ2) is 6.37. The number of unbranched alkanes of at least 4 members (excludes halogenated alkanes) is 1. The van der Waals surface area contributed by atoms with Gasteiger partial charge in [0, 0.05) is 28.6 Å². The van der Waals surface area contributed by atoms with E-state index >= 15 is 0 Å². The molecular formula is C16H19NO3. The summed E-state index contributed by atoms with van der Waals surface area (Å²) in [5, 5.41) is 0.875. The predicted octanol–water partition coefficient (Wildman–Crippen LogP) is 3.39. The minimum Gasteiger partial charge on any atom is -0.457 e. The van der Waals surface area contributed by atoms with Crippen molar-refractivity contribution >= 4 is 22.7 Å². The number of hydrogen-bond donors (Lipinski definition) is 1. The molecule has 20 heavy (non-hydrogen) atoms. The van der Waals surface area contributed by atoms with Crippen LogP contribution in [0.3, 0.4) is 0 Å². The van der Waals surface area contributed by atoms with Crippen molar-refractivity contribution in [2.45, 2.75) is 33.1 Å². The first kappa shape index (κ1) is 14.3. The minimum atomic E-state index is -0.308. The molecule has 0 spiro atoms. The first-order valence-corrected chi connectivity index (χ1v) is 6.89. The highest BCUT2D eigenvalue weighted by Gasteiger charge is 2.17. The molecular weight excluding hydrogens is 254 g/mol. The molecule has 0 amide bonds. The normalized spacial score (nSPS) is 10.7. The first-order valence-electron chi connectivity index (χ1n) is 6.89. The number of benzene rings is 1. The van der Waals surface area contributed by atoms with E-state index in [1.807, 2.05) is 38.1 Å². The molecule has 1 aromatic heterocycles. The molecule has 0 saturated carbocycles. The second-order valence-corrected chi connectivity index (χ2v) is 4.86. The number of Topliss-reactive ketones (excluding diaryl/α,β-unsaturated/α-hetero) is 1. The highest BCUT2D eigenvalue weighted by Crippen LogP contribution is 2.22. The zero-order valence-electron chi connectivity index (χ0n) is 11.9. The lowest BCUT2D eigenvalue weighted by Gasteiger charge is -2.04. The van der Waals surface area contributed by atoms with E-state index < -0.39 is 0 Å². The minimum absolute atomic E-state index is 0.162. The molecule has 4 heteroatoms. The van der Waals surface area contributed by atoms with Crippen molar-refractivity contribution in [2.75, 3.05) is 6.61 Å². The topological polar surface area (TPSA) is 59.2 Å². The molecule has 0 bridgehead atoms. The number of ketones is 1. The molecule has 2 rings (SSSR count). The van der Waals surface area contributed by atoms with Crippen LogP contribution in [-0.4, -0.2) is 23.3 Å². The number of para-hydroxylation sites is 1. The lowest BCUT2D eigenvalue weighted by Crippen LogP contribution is -2.14. The Bertz CT molecular complexity index is 628. The van der Waals surface area contributed by atoms with Crippen molar-refractivity contribution in [3.8, 4) is 0 Å². The van der Waals surface area contributed by atoms with Crippen LogP contribution in [0.1, 0.15) is 42.2 Å². The third-order valence-corrected chi connectivity index (χ3v) is 3.27. The summed E-state index contributed by atoms with van der Waals surface area (Å²) >= 11 is 0. The Balaban J connectivity index is 2.08. The van der Waals surface area contributed by atoms with E-state index in [-0.39, 0.29) is 18.4 Å². The van der Waals surface area contributed by atoms with E-state index in [1.165, 1.54) is 0 Å². The van der Waals surface area contributed by atoms with Gasteiger partial charge in [-0.3, -0.25) is 9.59 Å². The summed E-state index contributed by atoms with van der Waals surface area (Å²) in [6, 6.07) is 7.62. The summed E-state index contributed by atoms with van der Waals surface area (Å²) in [7, 11) is 0. The predicted molar refractivity (Wildman–Crippen MR) is 77.9 cm³/mol. The number of aromatic amines is 1. The van der Waals surface area contributed by atoms with Crippen LogP contribution in [0.5, 0.6) is 0 Å². The summed E-state index contributed by atoms with van der Waals surface area (Å²) in [4.78, 5) is 26.8. The summed E-state index contributed by atoms with van der Waals surface area (Å²) in [6.45, 7) is 3.67. The van der Waals surface area contributed by atoms with Gasteiger partial charge in [-0.2, -0.15) is 0 Å². The molecule has 1 heterocycles. The molecule has 4 nitrogen and oxygen atoms in total. The van der Waals surface area contributed by atoms with Crippen LogP contribution < -0.4 is 0 Å². The van der Waals surface area contributed by atoms with Crippen molar-refractivity contribution in [3.63, 3.8) is 0 Å². The molecule has 0 saturated heterocycles. The maximum absolute atomic E-state index is 12.2. The third kappa shape index (κ3) is 3.07. The fourth-order valence-electron chi connectivity index (χ4n) is 2.25. The number of esters is 1. The largest absolute Gasteiger partial charge is 0.457 e. The lowest BCUT2D eigenvalue weighted by atomic mass is 10.1. The van der Waals surface area contributed by atoms with Crippen molar-refractivity contribution in [1.29, 1.82) is 0 Å². The number of rotatable bonds is 6. The van der Waals surface area contributed by atoms with Gasteiger partial charge in [-0.05, 0) is 19.4 Å². The average Bonchev–Trinajstić information content (AvgIpc) is 2.78. The molecule has 2 aromatic rings. The fourth-order valence-corrected chi connectivity index (χ4v) is 2.25. The van der Waals surface area contributed by atoms with Crippen LogP contribution in [-0.2, 0) is 9.53 Å². The molecule has 0 aliphatic heterocycles. The number of fused-ring (bicyclic) bond motifs is 1. The van der Waals surface area contributed by atoms with Gasteiger partial charge in [-0.15, -0.1) is 0 Å². The van der Waals surface area contributed by atoms with E-state index in [0.717, 1.165) is 29.4 Å². The van der Waals surface area contributed by atoms with Gasteiger partial charge < -0.3 is 9.72 Å². The Morgan fingerprint density at radius 1 is 1.25 bits per heavy atom. The number of aromatic nitrogens is 1. The lowest BCUT2D eigenvalue weighted by molar-refractivity contribution is -0.142. The molecule has 0 unspecified atom stereocenters. The Labute approximate surface area is 118 Å². The van der Waals surface area contributed by atoms with Crippen LogP contribution >= 0.6 is 0 Å². The fraction of sp³-hybridized carbons (Fsp3) is 0.375. The van der Waals surface area contributed by atoms with E-state index in [0.29, 0.717) is 12.0 Å². The number of H-pyrrole nitrogens is 1. The van der Waals surface area contributed by atoms with E-state index in [1.54, 1.807) is 0 Å². The zero-order valence-corrected chi connectivity index (χ0v) is 11.9. The zero-order chi connectivity index (χ0) is 14.5. The van der Waals surface area contributed by atoms with Crippen molar-refractivity contribution in [3.05, 3.63) is 35.5 Å². The number of aryl methyl sites for hydroxylation is 1. The van der Waals surface area contributed by atoms with Crippen LogP contribution in [0.25, 0.3) is 10.9 Å². The van der Waals surface area contributed by atoms with E-state index in [4.69, 9.17) is 4.74 Å². The van der Waals surface area contributed by atoms with Crippen molar-refractivity contribution < 1.29 is 14.3 Å². The van der Waals surface area contributed by atoms with Gasteiger partial charge in [0.05, 0.1) is 0 Å². The van der Waals surface area contributed by atoms with Gasteiger partial charge >= 0.3 is 5.97 Å². The van der Waals surface area contributed by atoms with Gasteiger partial charge in [0.25, 0.3) is 0 Å². The highest BCUT2D eigenvalue weighted by atomic mass is 16.5. The Hall–Kier alpha value is -2.10. The molecule has 0 aliphatic carbocycles. The number of ether oxygens (including phenoxy) is 1. The van der Waals surface area contributed by atoms with Gasteiger partial charge in [-0.1, -0.05) is 31.5 Å². The molecule has 0 aliphatic rings. The van der Waals surface area contributed by atoms with E-state index in [2.05, 4.69) is 4.98 Å². The summed E-state index contributed by atoms with van der Waals surface area (Å²) in [6.07, 6.45) is 2.10. The van der Waals surface area contributed by atoms with Crippen LogP contribution in [0.2, 0.25) is 0 Å². The van der Waals surface area contributed by atoms with Crippen LogP contribution in [0, 0.1) is 6.92 Å². The number of hydrogen-bond acceptors (Lipinski definition) is 3. The average molecular weight is 273 g/mol. The first-order chi connectivity index (χ1) is 9.63. The molecule has 0 radical (unpaired) electrons. The molecule has 106 valence electrons. The standard InChI is InChI=1S/C16H19NO3/c1-3-4-9-15(19)20-10-14(18)16-11(2)17-13-8-6-5-7-12(13)16/h5-8,17H,3-4,9-10H2,1-2H3. The molecule has 0 atom stereocenters. The second-order valence-electron chi connectivity index (χ2n) is 4.86. The number of carbonyl (C=O) groups excluding carboxylic acids is 2. The van der Waals surface area contributed by atoms with Gasteiger partial charge in [0.15, 0.2) is 6.61 Å². The van der Waals surface area contributed by atoms with Crippen molar-refractivity contribution in [2.24, 2.45) is 0 Å². The maximum Gasteiger partial charge on any atom is 0.306 e. The summed E-state index contributed by atoms with van der Waals surface area (Å²) in [5.74, 6) is -0.470. The molecule has 1 N–H and O–H groups in total. The van der Waals surface area contributed by atoms with E-state index in [9.17, 15) is 9.59 Å². The Morgan fingerprint density at radius 2 is 2.00 bits per heavy atom. The summed E-state index contributed by atoms with van der Waals surface area (Å²) in [5.41, 5.74) is 2.34. The van der Waals surface area contributed by atoms with Gasteiger partial charge in [0.1, 0.15) is 0 Å². The third-order valence-electron chi connectivity index (χ3n) is 3.27. The molecule has 0 fully saturated rings. The Morgan fingerprint density at radius 3 is 2.75 bits per heavy atom. The smallest absolute Gasteiger partial charge is 0.306 e. The monoisotopic (exact) mass is 273 g/mol. The molecule has 1 aromatic carbocycles. The number of nitrogens with one attached hydrogen (secondary N) is 1. The van der Waals surface area contributed by atoms with Crippen LogP contribution in [0.15, 0.2) is 24.3 Å².